The molecule has 0 N–H and O–H groups in total. The van der Waals surface area contributed by atoms with Gasteiger partial charge >= 0.3 is 543 Å². The van der Waals surface area contributed by atoms with Crippen molar-refractivity contribution in [3.05, 3.63) is 274 Å². The molecule has 14 heteroatoms. The summed E-state index contributed by atoms with van der Waals surface area (Å²) in [5.41, 5.74) is 10.9. The van der Waals surface area contributed by atoms with Gasteiger partial charge in [-0.25, -0.2) is 0 Å². The van der Waals surface area contributed by atoms with Gasteiger partial charge in [0, 0.05) is 0 Å². The topological polar surface area (TPSA) is 61.8 Å². The third-order valence-corrected chi connectivity index (χ3v) is 31.1. The number of carbonyl (C=O) groups excluding carboxylic acids is 2. The van der Waals surface area contributed by atoms with Crippen molar-refractivity contribution in [3.8, 4) is 5.75 Å². The Morgan fingerprint density at radius 2 is 0.533 bits per heavy atom. The summed E-state index contributed by atoms with van der Waals surface area (Å²) in [6, 6.07) is 43.0. The van der Waals surface area contributed by atoms with E-state index in [1.165, 1.54) is 0 Å². The molecule has 0 amide bonds. The molecule has 5 nitrogen and oxygen atoms in total. The molecule has 9 rings (SSSR count). The molecule has 0 saturated heterocycles. The van der Waals surface area contributed by atoms with Crippen molar-refractivity contribution in [1.82, 2.24) is 0 Å². The Balaban J connectivity index is 1.69. The second kappa shape index (κ2) is 25.1. The van der Waals surface area contributed by atoms with Crippen molar-refractivity contribution in [2.24, 2.45) is 0 Å². The van der Waals surface area contributed by atoms with E-state index in [0.717, 1.165) is 33.4 Å². The van der Waals surface area contributed by atoms with E-state index in [-0.39, 0.29) is 17.6 Å². The van der Waals surface area contributed by atoms with E-state index in [9.17, 15) is 0 Å². The van der Waals surface area contributed by atoms with Crippen LogP contribution in [-0.4, -0.2) is 31.2 Å². The van der Waals surface area contributed by atoms with Crippen LogP contribution in [0.2, 0.25) is 0 Å². The summed E-state index contributed by atoms with van der Waals surface area (Å²) in [4.78, 5) is 33.5. The summed E-state index contributed by atoms with van der Waals surface area (Å²) in [6.45, 7) is 23.9. The van der Waals surface area contributed by atoms with Crippen molar-refractivity contribution < 1.29 is 49.5 Å². The van der Waals surface area contributed by atoms with Crippen molar-refractivity contribution in [2.75, 3.05) is 12.3 Å². The molecule has 0 heterocycles. The number of ketones is 2. The molecular formula is C78H83BF6O5P2. The van der Waals surface area contributed by atoms with Crippen LogP contribution in [-0.2, 0) is 21.2 Å². The van der Waals surface area contributed by atoms with Crippen LogP contribution in [0.1, 0.15) is 132 Å². The van der Waals surface area contributed by atoms with Gasteiger partial charge in [-0.3, -0.25) is 0 Å². The average molecular weight is 1290 g/mol. The Kier molecular flexibility index (Phi) is 18.8. The predicted molar refractivity (Wildman–Crippen MR) is 372 cm³/mol. The zero-order valence-corrected chi connectivity index (χ0v) is 57.9. The van der Waals surface area contributed by atoms with Gasteiger partial charge in [-0.05, 0) is 0 Å². The van der Waals surface area contributed by atoms with Crippen LogP contribution in [0.15, 0.2) is 152 Å². The fourth-order valence-electron chi connectivity index (χ4n) is 16.6. The minimum atomic E-state index is -5.72. The Labute approximate surface area is 540 Å². The zero-order valence-electron chi connectivity index (χ0n) is 56.1. The van der Waals surface area contributed by atoms with Crippen LogP contribution in [0.25, 0.3) is 0 Å². The third kappa shape index (κ3) is 12.2. The van der Waals surface area contributed by atoms with Crippen LogP contribution in [0.4, 0.5) is 26.3 Å². The molecule has 480 valence electrons. The van der Waals surface area contributed by atoms with E-state index in [1.807, 2.05) is 210 Å². The van der Waals surface area contributed by atoms with Crippen molar-refractivity contribution >= 4 is 64.4 Å². The van der Waals surface area contributed by atoms with Crippen molar-refractivity contribution in [3.63, 3.8) is 0 Å². The van der Waals surface area contributed by atoms with Gasteiger partial charge in [-0.2, -0.15) is 0 Å². The monoisotopic (exact) mass is 1290 g/mol. The number of carbonyl (C=O) groups is 2. The molecule has 0 aliphatic heterocycles. The van der Waals surface area contributed by atoms with Gasteiger partial charge in [0.2, 0.25) is 0 Å². The molecule has 0 unspecified atom stereocenters. The van der Waals surface area contributed by atoms with Gasteiger partial charge in [0.15, 0.2) is 0 Å². The normalized spacial score (nSPS) is 13.1. The maximum atomic E-state index is 16.8. The second-order valence-corrected chi connectivity index (χ2v) is 34.8. The first-order valence-electron chi connectivity index (χ1n) is 31.0. The minimum absolute atomic E-state index is 0.0643. The number of benzene rings is 9. The van der Waals surface area contributed by atoms with Crippen LogP contribution >= 0.6 is 13.7 Å². The SMILES string of the molecule is Cc1cc(C)c(P(CC(=O)c2ccccc2)(OB(Oc2cc(C(F)(F)F)cc(C(F)(F)F)c2)OP(CC(=O)c2ccccc2)(c2c(C)cc(C)cc2C)(c2c(C)cc(C)cc2C)c2c(C)cc(C)cc2C)(c2c(C)cc(C)cc2C)c2c(C)cc(C)cc2C)c(C)c1. The third-order valence-electron chi connectivity index (χ3n) is 18.2. The molecule has 0 saturated carbocycles. The van der Waals surface area contributed by atoms with E-state index in [0.29, 0.717) is 122 Å². The first kappa shape index (κ1) is 68.9. The molecule has 92 heavy (non-hydrogen) atoms. The molecule has 0 aliphatic carbocycles. The number of rotatable bonds is 18. The molecular weight excluding hydrogens is 1200 g/mol. The van der Waals surface area contributed by atoms with Gasteiger partial charge < -0.3 is 0 Å². The van der Waals surface area contributed by atoms with Crippen LogP contribution in [0, 0.1) is 125 Å². The first-order chi connectivity index (χ1) is 42.9. The van der Waals surface area contributed by atoms with Gasteiger partial charge in [0.05, 0.1) is 0 Å². The van der Waals surface area contributed by atoms with Gasteiger partial charge in [-0.1, -0.05) is 0 Å². The van der Waals surface area contributed by atoms with E-state index < -0.39 is 62.5 Å². The summed E-state index contributed by atoms with van der Waals surface area (Å²) in [5.74, 6) is -1.65. The summed E-state index contributed by atoms with van der Waals surface area (Å²) >= 11 is 0. The molecule has 9 aromatic rings. The Morgan fingerprint density at radius 1 is 0.326 bits per heavy atom. The number of alkyl halides is 6. The molecule has 0 atom stereocenters. The number of aryl methyl sites for hydroxylation is 18. The van der Waals surface area contributed by atoms with Gasteiger partial charge in [0.1, 0.15) is 0 Å². The van der Waals surface area contributed by atoms with E-state index in [2.05, 4.69) is 0 Å². The van der Waals surface area contributed by atoms with E-state index in [4.69, 9.17) is 13.5 Å². The quantitative estimate of drug-likeness (QED) is 0.0371. The Bertz CT molecular complexity index is 3720. The van der Waals surface area contributed by atoms with E-state index >= 15 is 35.9 Å². The molecule has 0 spiro atoms. The first-order valence-corrected chi connectivity index (χ1v) is 35.7. The number of Topliss-reactive ketones (excluding diaryl/α,β-unsaturated/α-hetero) is 2. The number of hydrogen-bond acceptors (Lipinski definition) is 5. The van der Waals surface area contributed by atoms with Crippen molar-refractivity contribution in [2.45, 2.75) is 137 Å². The van der Waals surface area contributed by atoms with Gasteiger partial charge in [-0.15, -0.1) is 0 Å². The maximum absolute atomic E-state index is 16.8. The van der Waals surface area contributed by atoms with Crippen LogP contribution in [0.3, 0.4) is 0 Å². The van der Waals surface area contributed by atoms with E-state index in [1.54, 1.807) is 48.5 Å². The van der Waals surface area contributed by atoms with Crippen LogP contribution in [0.5, 0.6) is 5.75 Å². The van der Waals surface area contributed by atoms with Crippen molar-refractivity contribution in [1.29, 1.82) is 0 Å². The molecule has 0 radical (unpaired) electrons. The molecule has 9 aromatic carbocycles. The Hall–Kier alpha value is -7.46. The summed E-state index contributed by atoms with van der Waals surface area (Å²) < 4.78 is 119. The number of halogens is 6. The predicted octanol–water partition coefficient (Wildman–Crippen LogP) is 18.3. The molecule has 0 bridgehead atoms. The fraction of sp³-hybridized carbons (Fsp3) is 0.282. The summed E-state index contributed by atoms with van der Waals surface area (Å²) in [7, 11) is -2.44. The summed E-state index contributed by atoms with van der Waals surface area (Å²) in [5, 5.41) is 3.51. The zero-order chi connectivity index (χ0) is 67.6. The Morgan fingerprint density at radius 3 is 0.728 bits per heavy atom. The fourth-order valence-corrected chi connectivity index (χ4v) is 31.8. The number of hydrogen-bond donors (Lipinski definition) is 0. The standard InChI is InChI=1S/C78H83BF6O5P2/c1-46-29-52(7)71(53(8)30-46)91(44-69(86)64-25-21-19-22-26-64,72-54(9)31-47(2)32-55(72)10,73-56(11)33-48(3)34-57(73)12)89-79(88-68-42-66(77(80,81)82)41-67(43-68)78(83,84)85)90-92(45-70(87)65-27-23-20-24-28-65,74-58(13)35-49(4)36-59(74)14,75-60(15)37-50(5)38-61(75)16)76-62(17)39-51(6)40-63(76)18/h19-43H,44-45H2,1-18H3. The average Bonchev–Trinajstić information content (AvgIpc) is 0.669. The molecule has 0 aromatic heterocycles. The van der Waals surface area contributed by atoms with Crippen LogP contribution < -0.4 is 36.5 Å². The molecule has 0 fully saturated rings. The summed E-state index contributed by atoms with van der Waals surface area (Å²) in [6.07, 6.45) is -11.6. The second-order valence-electron chi connectivity index (χ2n) is 26.2. The van der Waals surface area contributed by atoms with Gasteiger partial charge in [0.25, 0.3) is 0 Å². The molecule has 0 aliphatic rings.